The molecule has 2 N–H and O–H groups in total. The highest BCUT2D eigenvalue weighted by atomic mass is 127. The van der Waals surface area contributed by atoms with Gasteiger partial charge in [0.05, 0.1) is 17.0 Å². The standard InChI is InChI=1S/C20H31N3O3S.HI/c1-4-21-19(23-11-12-27(25,26)20(2,3)14-23)22-13-17-16-8-6-5-7-15(16)9-10-18(17)24;/h9-10,24H,4-8,11-14H2,1-3H3,(H,21,22);1H. The van der Waals surface area contributed by atoms with Crippen molar-refractivity contribution in [3.63, 3.8) is 0 Å². The summed E-state index contributed by atoms with van der Waals surface area (Å²) >= 11 is 0. The first-order chi connectivity index (χ1) is 12.7. The van der Waals surface area contributed by atoms with Crippen LogP contribution in [0, 0.1) is 0 Å². The van der Waals surface area contributed by atoms with Crippen LogP contribution in [0.5, 0.6) is 5.75 Å². The van der Waals surface area contributed by atoms with E-state index in [0.29, 0.717) is 37.9 Å². The number of nitrogens with zero attached hydrogens (tertiary/aromatic N) is 2. The van der Waals surface area contributed by atoms with E-state index in [1.165, 1.54) is 17.5 Å². The molecule has 0 aromatic heterocycles. The van der Waals surface area contributed by atoms with E-state index >= 15 is 0 Å². The Kier molecular flexibility index (Phi) is 7.63. The number of aromatic hydroxyl groups is 1. The van der Waals surface area contributed by atoms with Crippen LogP contribution < -0.4 is 5.32 Å². The fourth-order valence-corrected chi connectivity index (χ4v) is 5.34. The van der Waals surface area contributed by atoms with Gasteiger partial charge >= 0.3 is 0 Å². The number of halogens is 1. The van der Waals surface area contributed by atoms with Crippen LogP contribution in [0.3, 0.4) is 0 Å². The van der Waals surface area contributed by atoms with Crippen LogP contribution >= 0.6 is 24.0 Å². The quantitative estimate of drug-likeness (QED) is 0.363. The number of aliphatic imine (C=N–C) groups is 1. The van der Waals surface area contributed by atoms with E-state index in [-0.39, 0.29) is 29.7 Å². The number of benzene rings is 1. The smallest absolute Gasteiger partial charge is 0.194 e. The number of nitrogens with one attached hydrogen (secondary N) is 1. The van der Waals surface area contributed by atoms with E-state index in [9.17, 15) is 13.5 Å². The average Bonchev–Trinajstić information content (AvgIpc) is 2.62. The molecule has 1 aromatic carbocycles. The summed E-state index contributed by atoms with van der Waals surface area (Å²) in [5, 5.41) is 13.7. The predicted molar refractivity (Wildman–Crippen MR) is 124 cm³/mol. The SMILES string of the molecule is CCNC(=NCc1c(O)ccc2c1CCCC2)N1CCS(=O)(=O)C(C)(C)C1.I. The second-order valence-corrected chi connectivity index (χ2v) is 10.8. The summed E-state index contributed by atoms with van der Waals surface area (Å²) in [4.78, 5) is 6.79. The third-order valence-electron chi connectivity index (χ3n) is 5.69. The Morgan fingerprint density at radius 3 is 2.68 bits per heavy atom. The van der Waals surface area contributed by atoms with E-state index in [1.54, 1.807) is 19.9 Å². The topological polar surface area (TPSA) is 82.0 Å². The molecule has 8 heteroatoms. The van der Waals surface area contributed by atoms with E-state index in [1.807, 2.05) is 17.9 Å². The highest BCUT2D eigenvalue weighted by molar-refractivity contribution is 14.0. The number of aryl methyl sites for hydroxylation is 1. The molecule has 28 heavy (non-hydrogen) atoms. The number of guanidine groups is 1. The fourth-order valence-electron chi connectivity index (χ4n) is 3.97. The van der Waals surface area contributed by atoms with Crippen LogP contribution in [-0.4, -0.2) is 54.5 Å². The summed E-state index contributed by atoms with van der Waals surface area (Å²) in [5.74, 6) is 1.15. The third kappa shape index (κ3) is 4.75. The number of hydrogen-bond donors (Lipinski definition) is 2. The molecule has 3 rings (SSSR count). The minimum absolute atomic E-state index is 0. The van der Waals surface area contributed by atoms with Gasteiger partial charge in [0.15, 0.2) is 15.8 Å². The van der Waals surface area contributed by atoms with Gasteiger partial charge in [-0.15, -0.1) is 24.0 Å². The first-order valence-electron chi connectivity index (χ1n) is 9.83. The molecule has 1 aromatic rings. The zero-order valence-electron chi connectivity index (χ0n) is 17.0. The van der Waals surface area contributed by atoms with Crippen molar-refractivity contribution in [3.8, 4) is 5.75 Å². The van der Waals surface area contributed by atoms with Gasteiger partial charge in [-0.3, -0.25) is 0 Å². The number of rotatable bonds is 3. The predicted octanol–water partition coefficient (Wildman–Crippen LogP) is 2.86. The minimum atomic E-state index is -3.09. The molecule has 1 heterocycles. The van der Waals surface area contributed by atoms with Crippen LogP contribution in [0.1, 0.15) is 50.3 Å². The summed E-state index contributed by atoms with van der Waals surface area (Å²) in [6.45, 7) is 7.52. The lowest BCUT2D eigenvalue weighted by Gasteiger charge is -2.39. The molecule has 0 saturated carbocycles. The Labute approximate surface area is 185 Å². The monoisotopic (exact) mass is 521 g/mol. The van der Waals surface area contributed by atoms with E-state index < -0.39 is 14.6 Å². The van der Waals surface area contributed by atoms with E-state index in [4.69, 9.17) is 4.99 Å². The van der Waals surface area contributed by atoms with Crippen molar-refractivity contribution in [2.24, 2.45) is 4.99 Å². The Balaban J connectivity index is 0.00000280. The molecule has 1 aliphatic heterocycles. The van der Waals surface area contributed by atoms with E-state index in [0.717, 1.165) is 24.8 Å². The van der Waals surface area contributed by atoms with Gasteiger partial charge < -0.3 is 15.3 Å². The molecule has 1 aliphatic carbocycles. The van der Waals surface area contributed by atoms with Crippen molar-refractivity contribution in [1.82, 2.24) is 10.2 Å². The summed E-state index contributed by atoms with van der Waals surface area (Å²) in [5.41, 5.74) is 3.47. The summed E-state index contributed by atoms with van der Waals surface area (Å²) in [6.07, 6.45) is 4.39. The van der Waals surface area contributed by atoms with Gasteiger partial charge in [0, 0.05) is 25.2 Å². The Hall–Kier alpha value is -1.03. The molecule has 6 nitrogen and oxygen atoms in total. The van der Waals surface area contributed by atoms with Crippen molar-refractivity contribution in [2.45, 2.75) is 57.7 Å². The number of phenolic OH excluding ortho intramolecular Hbond substituents is 1. The van der Waals surface area contributed by atoms with E-state index in [2.05, 4.69) is 5.32 Å². The van der Waals surface area contributed by atoms with Gasteiger partial charge in [0.25, 0.3) is 0 Å². The molecule has 0 radical (unpaired) electrons. The van der Waals surface area contributed by atoms with Crippen molar-refractivity contribution >= 4 is 39.8 Å². The maximum atomic E-state index is 12.3. The largest absolute Gasteiger partial charge is 0.508 e. The zero-order chi connectivity index (χ0) is 19.7. The molecule has 1 fully saturated rings. The van der Waals surface area contributed by atoms with Crippen molar-refractivity contribution in [3.05, 3.63) is 28.8 Å². The summed E-state index contributed by atoms with van der Waals surface area (Å²) < 4.78 is 23.8. The number of fused-ring (bicyclic) bond motifs is 1. The molecule has 0 unspecified atom stereocenters. The molecule has 0 amide bonds. The first kappa shape index (κ1) is 23.3. The van der Waals surface area contributed by atoms with Gasteiger partial charge in [-0.05, 0) is 63.6 Å². The molecule has 0 spiro atoms. The second kappa shape index (κ2) is 9.19. The lowest BCUT2D eigenvalue weighted by molar-refractivity contribution is 0.353. The molecule has 0 atom stereocenters. The lowest BCUT2D eigenvalue weighted by Crippen LogP contribution is -2.57. The minimum Gasteiger partial charge on any atom is -0.508 e. The van der Waals surface area contributed by atoms with Gasteiger partial charge in [-0.25, -0.2) is 13.4 Å². The first-order valence-corrected chi connectivity index (χ1v) is 11.5. The van der Waals surface area contributed by atoms with Gasteiger partial charge in [0.2, 0.25) is 0 Å². The average molecular weight is 521 g/mol. The maximum absolute atomic E-state index is 12.3. The highest BCUT2D eigenvalue weighted by Gasteiger charge is 2.41. The van der Waals surface area contributed by atoms with Gasteiger partial charge in [-0.2, -0.15) is 0 Å². The fraction of sp³-hybridized carbons (Fsp3) is 0.650. The third-order valence-corrected chi connectivity index (χ3v) is 8.22. The molecular formula is C20H32IN3O3S. The number of hydrogen-bond acceptors (Lipinski definition) is 4. The Morgan fingerprint density at radius 1 is 1.29 bits per heavy atom. The van der Waals surface area contributed by atoms with Gasteiger partial charge in [-0.1, -0.05) is 6.07 Å². The summed E-state index contributed by atoms with van der Waals surface area (Å²) in [6, 6.07) is 3.80. The Morgan fingerprint density at radius 2 is 2.00 bits per heavy atom. The normalized spacial score (nSPS) is 20.8. The van der Waals surface area contributed by atoms with Crippen LogP contribution in [-0.2, 0) is 29.2 Å². The van der Waals surface area contributed by atoms with Gasteiger partial charge in [0.1, 0.15) is 5.75 Å². The molecule has 2 aliphatic rings. The molecule has 1 saturated heterocycles. The van der Waals surface area contributed by atoms with Crippen LogP contribution in [0.15, 0.2) is 17.1 Å². The molecule has 158 valence electrons. The van der Waals surface area contributed by atoms with Crippen LogP contribution in [0.2, 0.25) is 0 Å². The second-order valence-electron chi connectivity index (χ2n) is 8.08. The van der Waals surface area contributed by atoms with Crippen LogP contribution in [0.4, 0.5) is 0 Å². The van der Waals surface area contributed by atoms with Crippen LogP contribution in [0.25, 0.3) is 0 Å². The van der Waals surface area contributed by atoms with Crippen molar-refractivity contribution in [2.75, 3.05) is 25.4 Å². The maximum Gasteiger partial charge on any atom is 0.194 e. The summed E-state index contributed by atoms with van der Waals surface area (Å²) in [7, 11) is -3.09. The lowest BCUT2D eigenvalue weighted by atomic mass is 9.88. The Bertz CT molecular complexity index is 837. The van der Waals surface area contributed by atoms with Crippen molar-refractivity contribution in [1.29, 1.82) is 0 Å². The van der Waals surface area contributed by atoms with Crippen molar-refractivity contribution < 1.29 is 13.5 Å². The zero-order valence-corrected chi connectivity index (χ0v) is 20.1. The number of phenols is 1. The highest BCUT2D eigenvalue weighted by Crippen LogP contribution is 2.31. The molecular weight excluding hydrogens is 489 g/mol. The molecule has 0 bridgehead atoms. The number of sulfone groups is 1.